The number of aryl methyl sites for hydroxylation is 1. The van der Waals surface area contributed by atoms with Gasteiger partial charge >= 0.3 is 0 Å². The minimum Gasteiger partial charge on any atom is -0.496 e. The Bertz CT molecular complexity index is 1010. The molecule has 0 aromatic heterocycles. The van der Waals surface area contributed by atoms with Crippen LogP contribution < -0.4 is 14.2 Å². The van der Waals surface area contributed by atoms with Crippen molar-refractivity contribution >= 4 is 20.8 Å². The molecular weight excluding hydrogens is 350 g/mol. The molecular formula is C20H21NO4S. The van der Waals surface area contributed by atoms with Gasteiger partial charge in [-0.2, -0.15) is 0 Å². The maximum Gasteiger partial charge on any atom is 0.240 e. The Morgan fingerprint density at radius 1 is 0.962 bits per heavy atom. The molecule has 0 spiro atoms. The van der Waals surface area contributed by atoms with E-state index >= 15 is 0 Å². The standard InChI is InChI=1S/C20H21NO4S/c1-15-14-17(10-11-19(15)24-2)26(22,23)21-12-13-25-20-9-5-7-16-6-3-4-8-18(16)20/h3-11,14,21H,12-13H2,1-2H3. The molecule has 5 nitrogen and oxygen atoms in total. The normalized spacial score (nSPS) is 11.5. The fourth-order valence-electron chi connectivity index (χ4n) is 2.76. The van der Waals surface area contributed by atoms with E-state index in [0.717, 1.165) is 22.1 Å². The summed E-state index contributed by atoms with van der Waals surface area (Å²) >= 11 is 0. The van der Waals surface area contributed by atoms with Crippen molar-refractivity contribution in [1.82, 2.24) is 4.72 Å². The van der Waals surface area contributed by atoms with E-state index in [1.807, 2.05) is 49.4 Å². The first kappa shape index (κ1) is 18.2. The summed E-state index contributed by atoms with van der Waals surface area (Å²) in [5.41, 5.74) is 0.766. The number of methoxy groups -OCH3 is 1. The number of sulfonamides is 1. The molecule has 0 bridgehead atoms. The average Bonchev–Trinajstić information content (AvgIpc) is 2.65. The van der Waals surface area contributed by atoms with Crippen molar-refractivity contribution in [2.45, 2.75) is 11.8 Å². The van der Waals surface area contributed by atoms with Gasteiger partial charge in [0, 0.05) is 11.9 Å². The SMILES string of the molecule is COc1ccc(S(=O)(=O)NCCOc2cccc3ccccc23)cc1C. The first-order valence-electron chi connectivity index (χ1n) is 8.26. The van der Waals surface area contributed by atoms with E-state index in [4.69, 9.17) is 9.47 Å². The molecule has 26 heavy (non-hydrogen) atoms. The first-order valence-corrected chi connectivity index (χ1v) is 9.74. The lowest BCUT2D eigenvalue weighted by Crippen LogP contribution is -2.28. The molecule has 0 atom stereocenters. The van der Waals surface area contributed by atoms with Crippen LogP contribution in [0.5, 0.6) is 11.5 Å². The van der Waals surface area contributed by atoms with Gasteiger partial charge in [0.05, 0.1) is 12.0 Å². The van der Waals surface area contributed by atoms with E-state index in [2.05, 4.69) is 4.72 Å². The molecule has 0 unspecified atom stereocenters. The van der Waals surface area contributed by atoms with Gasteiger partial charge in [-0.1, -0.05) is 36.4 Å². The molecule has 0 radical (unpaired) electrons. The number of ether oxygens (including phenoxy) is 2. The second-order valence-corrected chi connectivity index (χ2v) is 7.62. The topological polar surface area (TPSA) is 64.6 Å². The Hall–Kier alpha value is -2.57. The first-order chi connectivity index (χ1) is 12.5. The van der Waals surface area contributed by atoms with Crippen LogP contribution in [0.25, 0.3) is 10.8 Å². The fourth-order valence-corrected chi connectivity index (χ4v) is 3.86. The molecule has 3 aromatic carbocycles. The van der Waals surface area contributed by atoms with Crippen molar-refractivity contribution in [3.63, 3.8) is 0 Å². The zero-order valence-electron chi connectivity index (χ0n) is 14.7. The van der Waals surface area contributed by atoms with Crippen LogP contribution in [-0.2, 0) is 10.0 Å². The molecule has 136 valence electrons. The van der Waals surface area contributed by atoms with Gasteiger partial charge in [-0.15, -0.1) is 0 Å². The molecule has 1 N–H and O–H groups in total. The zero-order chi connectivity index (χ0) is 18.6. The van der Waals surface area contributed by atoms with Crippen LogP contribution in [0, 0.1) is 6.92 Å². The Morgan fingerprint density at radius 2 is 1.73 bits per heavy atom. The Kier molecular flexibility index (Phi) is 5.44. The van der Waals surface area contributed by atoms with E-state index < -0.39 is 10.0 Å². The van der Waals surface area contributed by atoms with Crippen LogP contribution in [0.1, 0.15) is 5.56 Å². The third-order valence-corrected chi connectivity index (χ3v) is 5.54. The predicted molar refractivity (Wildman–Crippen MR) is 102 cm³/mol. The summed E-state index contributed by atoms with van der Waals surface area (Å²) in [6, 6.07) is 18.5. The van der Waals surface area contributed by atoms with Crippen molar-refractivity contribution in [2.24, 2.45) is 0 Å². The van der Waals surface area contributed by atoms with Gasteiger partial charge in [-0.3, -0.25) is 0 Å². The third-order valence-electron chi connectivity index (χ3n) is 4.08. The summed E-state index contributed by atoms with van der Waals surface area (Å²) in [7, 11) is -2.04. The summed E-state index contributed by atoms with van der Waals surface area (Å²) in [5, 5.41) is 2.09. The lowest BCUT2D eigenvalue weighted by molar-refractivity contribution is 0.326. The Balaban J connectivity index is 1.63. The van der Waals surface area contributed by atoms with Gasteiger partial charge in [-0.25, -0.2) is 13.1 Å². The maximum atomic E-state index is 12.4. The largest absolute Gasteiger partial charge is 0.496 e. The van der Waals surface area contributed by atoms with E-state index in [0.29, 0.717) is 5.75 Å². The highest BCUT2D eigenvalue weighted by atomic mass is 32.2. The second-order valence-electron chi connectivity index (χ2n) is 5.85. The van der Waals surface area contributed by atoms with Crippen LogP contribution in [0.4, 0.5) is 0 Å². The molecule has 6 heteroatoms. The third kappa shape index (κ3) is 3.98. The van der Waals surface area contributed by atoms with E-state index in [1.54, 1.807) is 19.2 Å². The van der Waals surface area contributed by atoms with Gasteiger partial charge in [0.1, 0.15) is 18.1 Å². The Morgan fingerprint density at radius 3 is 2.50 bits per heavy atom. The molecule has 0 heterocycles. The number of benzene rings is 3. The average molecular weight is 371 g/mol. The van der Waals surface area contributed by atoms with Crippen LogP contribution in [-0.4, -0.2) is 28.7 Å². The van der Waals surface area contributed by atoms with Gasteiger partial charge in [-0.05, 0) is 42.1 Å². The fraction of sp³-hybridized carbons (Fsp3) is 0.200. The lowest BCUT2D eigenvalue weighted by atomic mass is 10.1. The molecule has 0 fully saturated rings. The molecule has 0 aliphatic carbocycles. The summed E-state index contributed by atoms with van der Waals surface area (Å²) in [6.45, 7) is 2.22. The van der Waals surface area contributed by atoms with Gasteiger partial charge in [0.2, 0.25) is 10.0 Å². The summed E-state index contributed by atoms with van der Waals surface area (Å²) < 4.78 is 38.3. The van der Waals surface area contributed by atoms with E-state index in [1.165, 1.54) is 6.07 Å². The minimum absolute atomic E-state index is 0.177. The second kappa shape index (κ2) is 7.76. The lowest BCUT2D eigenvalue weighted by Gasteiger charge is -2.11. The molecule has 0 aliphatic rings. The van der Waals surface area contributed by atoms with E-state index in [9.17, 15) is 8.42 Å². The van der Waals surface area contributed by atoms with Crippen molar-refractivity contribution in [1.29, 1.82) is 0 Å². The summed E-state index contributed by atoms with van der Waals surface area (Å²) in [6.07, 6.45) is 0. The van der Waals surface area contributed by atoms with Crippen molar-refractivity contribution in [3.05, 3.63) is 66.2 Å². The molecule has 3 aromatic rings. The highest BCUT2D eigenvalue weighted by molar-refractivity contribution is 7.89. The number of hydrogen-bond acceptors (Lipinski definition) is 4. The quantitative estimate of drug-likeness (QED) is 0.646. The monoisotopic (exact) mass is 371 g/mol. The molecule has 3 rings (SSSR count). The molecule has 0 saturated heterocycles. The van der Waals surface area contributed by atoms with Gasteiger partial charge in [0.15, 0.2) is 0 Å². The number of rotatable bonds is 7. The van der Waals surface area contributed by atoms with Crippen molar-refractivity contribution in [3.8, 4) is 11.5 Å². The summed E-state index contributed by atoms with van der Waals surface area (Å²) in [5.74, 6) is 1.39. The number of fused-ring (bicyclic) bond motifs is 1. The number of hydrogen-bond donors (Lipinski definition) is 1. The van der Waals surface area contributed by atoms with Crippen LogP contribution in [0.15, 0.2) is 65.6 Å². The number of nitrogens with one attached hydrogen (secondary N) is 1. The molecule has 0 aliphatic heterocycles. The smallest absolute Gasteiger partial charge is 0.240 e. The zero-order valence-corrected chi connectivity index (χ0v) is 15.5. The highest BCUT2D eigenvalue weighted by Crippen LogP contribution is 2.25. The van der Waals surface area contributed by atoms with Crippen LogP contribution >= 0.6 is 0 Å². The van der Waals surface area contributed by atoms with Gasteiger partial charge < -0.3 is 9.47 Å². The minimum atomic E-state index is -3.59. The summed E-state index contributed by atoms with van der Waals surface area (Å²) in [4.78, 5) is 0.209. The van der Waals surface area contributed by atoms with Crippen molar-refractivity contribution < 1.29 is 17.9 Å². The van der Waals surface area contributed by atoms with Crippen LogP contribution in [0.2, 0.25) is 0 Å². The molecule has 0 saturated carbocycles. The van der Waals surface area contributed by atoms with Gasteiger partial charge in [0.25, 0.3) is 0 Å². The molecule has 0 amide bonds. The van der Waals surface area contributed by atoms with Crippen molar-refractivity contribution in [2.75, 3.05) is 20.3 Å². The predicted octanol–water partition coefficient (Wildman–Crippen LogP) is 3.51. The maximum absolute atomic E-state index is 12.4. The van der Waals surface area contributed by atoms with Crippen LogP contribution in [0.3, 0.4) is 0 Å². The Labute approximate surface area is 153 Å². The highest BCUT2D eigenvalue weighted by Gasteiger charge is 2.15. The van der Waals surface area contributed by atoms with E-state index in [-0.39, 0.29) is 18.0 Å².